The number of carboxylic acid groups (broad SMARTS) is 2. The van der Waals surface area contributed by atoms with E-state index in [0.717, 1.165) is 25.7 Å². The van der Waals surface area contributed by atoms with Crippen molar-refractivity contribution in [1.82, 2.24) is 0 Å². The number of allylic oxidation sites excluding steroid dienone is 4. The highest BCUT2D eigenvalue weighted by Gasteiger charge is 1.97. The standard InChI is InChI=1S/2C18H34O2.C3H8O2/c2*1-2-3-4-5-6-7-8-9-10-11-12-13-14-15-16-17-18(19)20;4-2-1-3-5/h2*9-10H,2-8,11-17H2,1H3,(H,19,20);4-5H,1-3H2/b2*10-9-;. The van der Waals surface area contributed by atoms with Crippen molar-refractivity contribution in [2.45, 2.75) is 200 Å². The zero-order chi connectivity index (χ0) is 33.9. The van der Waals surface area contributed by atoms with Gasteiger partial charge in [0.15, 0.2) is 0 Å². The highest BCUT2D eigenvalue weighted by Crippen LogP contribution is 2.11. The number of hydrogen-bond donors (Lipinski definition) is 4. The van der Waals surface area contributed by atoms with Gasteiger partial charge in [-0.25, -0.2) is 0 Å². The summed E-state index contributed by atoms with van der Waals surface area (Å²) in [5.41, 5.74) is 0. The molecule has 0 aromatic heterocycles. The minimum atomic E-state index is -0.664. The number of carboxylic acids is 2. The summed E-state index contributed by atoms with van der Waals surface area (Å²) in [6.45, 7) is 4.71. The largest absolute Gasteiger partial charge is 0.481 e. The minimum absolute atomic E-state index is 0.0938. The number of aliphatic hydroxyl groups excluding tert-OH is 2. The Kier molecular flexibility index (Phi) is 49.6. The van der Waals surface area contributed by atoms with Crippen LogP contribution < -0.4 is 0 Å². The lowest BCUT2D eigenvalue weighted by atomic mass is 10.1. The summed E-state index contributed by atoms with van der Waals surface area (Å²) in [5.74, 6) is -1.33. The van der Waals surface area contributed by atoms with Crippen molar-refractivity contribution in [2.75, 3.05) is 13.2 Å². The zero-order valence-electron chi connectivity index (χ0n) is 29.8. The summed E-state index contributed by atoms with van der Waals surface area (Å²) in [7, 11) is 0. The normalized spacial score (nSPS) is 10.9. The molecule has 0 radical (unpaired) electrons. The Bertz CT molecular complexity index is 565. The summed E-state index contributed by atoms with van der Waals surface area (Å²) in [4.78, 5) is 20.6. The van der Waals surface area contributed by atoms with Crippen LogP contribution in [0.5, 0.6) is 0 Å². The smallest absolute Gasteiger partial charge is 0.303 e. The predicted octanol–water partition coefficient (Wildman–Crippen LogP) is 11.6. The first-order valence-corrected chi connectivity index (χ1v) is 18.9. The van der Waals surface area contributed by atoms with Crippen molar-refractivity contribution >= 4 is 11.9 Å². The number of aliphatic carboxylic acids is 2. The average Bonchev–Trinajstić information content (AvgIpc) is 3.02. The third-order valence-corrected chi connectivity index (χ3v) is 7.62. The van der Waals surface area contributed by atoms with Gasteiger partial charge in [-0.1, -0.05) is 141 Å². The van der Waals surface area contributed by atoms with E-state index in [1.165, 1.54) is 141 Å². The van der Waals surface area contributed by atoms with E-state index in [2.05, 4.69) is 38.2 Å². The van der Waals surface area contributed by atoms with Crippen LogP contribution in [0.25, 0.3) is 0 Å². The van der Waals surface area contributed by atoms with Crippen molar-refractivity contribution in [1.29, 1.82) is 0 Å². The van der Waals surface area contributed by atoms with Gasteiger partial charge in [-0.05, 0) is 70.6 Å². The Hall–Kier alpha value is -1.66. The van der Waals surface area contributed by atoms with Crippen LogP contribution in [0.15, 0.2) is 24.3 Å². The van der Waals surface area contributed by atoms with Crippen LogP contribution in [0, 0.1) is 0 Å². The molecule has 0 aromatic rings. The molecule has 0 fully saturated rings. The molecule has 0 bridgehead atoms. The second-order valence-corrected chi connectivity index (χ2v) is 12.3. The highest BCUT2D eigenvalue weighted by molar-refractivity contribution is 5.66. The van der Waals surface area contributed by atoms with Crippen LogP contribution in [0.3, 0.4) is 0 Å². The van der Waals surface area contributed by atoms with Crippen LogP contribution in [0.4, 0.5) is 0 Å². The molecule has 0 heterocycles. The van der Waals surface area contributed by atoms with Gasteiger partial charge >= 0.3 is 11.9 Å². The molecule has 6 nitrogen and oxygen atoms in total. The Morgan fingerprint density at radius 3 is 0.844 bits per heavy atom. The van der Waals surface area contributed by atoms with Crippen molar-refractivity contribution < 1.29 is 30.0 Å². The van der Waals surface area contributed by atoms with E-state index < -0.39 is 11.9 Å². The van der Waals surface area contributed by atoms with Crippen LogP contribution in [-0.2, 0) is 9.59 Å². The van der Waals surface area contributed by atoms with Gasteiger partial charge < -0.3 is 20.4 Å². The summed E-state index contributed by atoms with van der Waals surface area (Å²) in [6, 6.07) is 0. The van der Waals surface area contributed by atoms with Crippen molar-refractivity contribution in [3.63, 3.8) is 0 Å². The lowest BCUT2D eigenvalue weighted by molar-refractivity contribution is -0.138. The van der Waals surface area contributed by atoms with E-state index in [1.807, 2.05) is 0 Å². The zero-order valence-corrected chi connectivity index (χ0v) is 29.8. The van der Waals surface area contributed by atoms with Gasteiger partial charge in [-0.3, -0.25) is 9.59 Å². The molecular weight excluding hydrogens is 564 g/mol. The van der Waals surface area contributed by atoms with E-state index in [4.69, 9.17) is 20.4 Å². The molecular formula is C39H76O6. The van der Waals surface area contributed by atoms with Crippen LogP contribution in [0.2, 0.25) is 0 Å². The molecule has 0 aliphatic heterocycles. The van der Waals surface area contributed by atoms with E-state index in [1.54, 1.807) is 0 Å². The molecule has 0 rings (SSSR count). The summed E-state index contributed by atoms with van der Waals surface area (Å²) >= 11 is 0. The maximum atomic E-state index is 10.3. The Morgan fingerprint density at radius 2 is 0.622 bits per heavy atom. The number of aliphatic hydroxyl groups is 2. The summed E-state index contributed by atoms with van der Waals surface area (Å²) < 4.78 is 0. The topological polar surface area (TPSA) is 115 Å². The van der Waals surface area contributed by atoms with Gasteiger partial charge in [0, 0.05) is 26.1 Å². The molecule has 0 aliphatic rings. The number of rotatable bonds is 32. The minimum Gasteiger partial charge on any atom is -0.481 e. The first-order chi connectivity index (χ1) is 22.0. The number of unbranched alkanes of at least 4 members (excludes halogenated alkanes) is 22. The second-order valence-electron chi connectivity index (χ2n) is 12.3. The van der Waals surface area contributed by atoms with Crippen LogP contribution >= 0.6 is 0 Å². The Labute approximate surface area is 279 Å². The van der Waals surface area contributed by atoms with E-state index in [0.29, 0.717) is 19.3 Å². The number of carbonyl (C=O) groups is 2. The summed E-state index contributed by atoms with van der Waals surface area (Å²) in [6.07, 6.45) is 43.0. The third kappa shape index (κ3) is 58.4. The van der Waals surface area contributed by atoms with Gasteiger partial charge in [0.2, 0.25) is 0 Å². The maximum absolute atomic E-state index is 10.3. The van der Waals surface area contributed by atoms with Gasteiger partial charge in [-0.2, -0.15) is 0 Å². The molecule has 6 heteroatoms. The monoisotopic (exact) mass is 641 g/mol. The SMILES string of the molecule is CCCCCCCC/C=C\CCCCCCCC(=O)O.CCCCCCCC/C=C\CCCCCCCC(=O)O.OCCCO. The van der Waals surface area contributed by atoms with Gasteiger partial charge in [-0.15, -0.1) is 0 Å². The molecule has 268 valence electrons. The highest BCUT2D eigenvalue weighted by atomic mass is 16.4. The van der Waals surface area contributed by atoms with Crippen LogP contribution in [0.1, 0.15) is 200 Å². The fourth-order valence-electron chi connectivity index (χ4n) is 4.76. The first kappa shape index (κ1) is 47.7. The average molecular weight is 641 g/mol. The molecule has 4 N–H and O–H groups in total. The predicted molar refractivity (Wildman–Crippen MR) is 193 cm³/mol. The first-order valence-electron chi connectivity index (χ1n) is 18.9. The lowest BCUT2D eigenvalue weighted by Crippen LogP contribution is -1.93. The van der Waals surface area contributed by atoms with Crippen molar-refractivity contribution in [2.24, 2.45) is 0 Å². The Morgan fingerprint density at radius 1 is 0.378 bits per heavy atom. The van der Waals surface area contributed by atoms with E-state index >= 15 is 0 Å². The van der Waals surface area contributed by atoms with E-state index in [9.17, 15) is 9.59 Å². The van der Waals surface area contributed by atoms with Crippen LogP contribution in [-0.4, -0.2) is 45.6 Å². The molecule has 0 atom stereocenters. The molecule has 0 spiro atoms. The quantitative estimate of drug-likeness (QED) is 0.0429. The van der Waals surface area contributed by atoms with E-state index in [-0.39, 0.29) is 13.2 Å². The van der Waals surface area contributed by atoms with Gasteiger partial charge in [0.05, 0.1) is 0 Å². The van der Waals surface area contributed by atoms with Crippen molar-refractivity contribution in [3.8, 4) is 0 Å². The lowest BCUT2D eigenvalue weighted by Gasteiger charge is -1.99. The maximum Gasteiger partial charge on any atom is 0.303 e. The molecule has 0 saturated carbocycles. The number of hydrogen-bond acceptors (Lipinski definition) is 4. The van der Waals surface area contributed by atoms with Crippen molar-refractivity contribution in [3.05, 3.63) is 24.3 Å². The van der Waals surface area contributed by atoms with Gasteiger partial charge in [0.1, 0.15) is 0 Å². The third-order valence-electron chi connectivity index (χ3n) is 7.62. The molecule has 0 unspecified atom stereocenters. The molecule has 0 aliphatic carbocycles. The summed E-state index contributed by atoms with van der Waals surface area (Å²) in [5, 5.41) is 32.8. The molecule has 0 amide bonds. The van der Waals surface area contributed by atoms with Gasteiger partial charge in [0.25, 0.3) is 0 Å². The Balaban J connectivity index is -0.000000680. The fourth-order valence-corrected chi connectivity index (χ4v) is 4.76. The second kappa shape index (κ2) is 46.8. The molecule has 0 saturated heterocycles. The fraction of sp³-hybridized carbons (Fsp3) is 0.846. The molecule has 45 heavy (non-hydrogen) atoms. The molecule has 0 aromatic carbocycles.